The van der Waals surface area contributed by atoms with E-state index in [1.54, 1.807) is 6.07 Å². The summed E-state index contributed by atoms with van der Waals surface area (Å²) < 4.78 is 27.1. The maximum Gasteiger partial charge on any atom is 0.247 e. The van der Waals surface area contributed by atoms with Gasteiger partial charge in [-0.05, 0) is 36.4 Å². The third kappa shape index (κ3) is 3.79. The SMILES string of the molecule is C=CC(=O)Nc1ccc(N=Nc2ccccc2F)c(F)c1. The van der Waals surface area contributed by atoms with Crippen molar-refractivity contribution >= 4 is 23.0 Å². The van der Waals surface area contributed by atoms with Crippen molar-refractivity contribution in [2.45, 2.75) is 0 Å². The zero-order valence-electron chi connectivity index (χ0n) is 10.9. The summed E-state index contributed by atoms with van der Waals surface area (Å²) >= 11 is 0. The monoisotopic (exact) mass is 287 g/mol. The molecule has 0 aromatic heterocycles. The van der Waals surface area contributed by atoms with Gasteiger partial charge >= 0.3 is 0 Å². The number of carbonyl (C=O) groups is 1. The maximum absolute atomic E-state index is 13.8. The first-order valence-corrected chi connectivity index (χ1v) is 5.99. The van der Waals surface area contributed by atoms with Crippen LogP contribution in [0.2, 0.25) is 0 Å². The molecule has 0 saturated heterocycles. The third-order valence-electron chi connectivity index (χ3n) is 2.52. The number of azo groups is 1. The zero-order chi connectivity index (χ0) is 15.2. The number of rotatable bonds is 4. The summed E-state index contributed by atoms with van der Waals surface area (Å²) in [5, 5.41) is 9.72. The highest BCUT2D eigenvalue weighted by atomic mass is 19.1. The van der Waals surface area contributed by atoms with Crippen LogP contribution in [0.25, 0.3) is 0 Å². The van der Waals surface area contributed by atoms with Gasteiger partial charge in [0.05, 0.1) is 0 Å². The Labute approximate surface area is 119 Å². The minimum Gasteiger partial charge on any atom is -0.322 e. The fraction of sp³-hybridized carbons (Fsp3) is 0. The lowest BCUT2D eigenvalue weighted by molar-refractivity contribution is -0.111. The lowest BCUT2D eigenvalue weighted by Crippen LogP contribution is -2.07. The Morgan fingerprint density at radius 3 is 2.33 bits per heavy atom. The number of amides is 1. The Morgan fingerprint density at radius 1 is 1.05 bits per heavy atom. The second-order valence-corrected chi connectivity index (χ2v) is 4.01. The minimum atomic E-state index is -0.683. The molecule has 0 aliphatic rings. The van der Waals surface area contributed by atoms with Crippen LogP contribution in [0.15, 0.2) is 65.3 Å². The molecule has 1 N–H and O–H groups in total. The Balaban J connectivity index is 2.20. The van der Waals surface area contributed by atoms with E-state index in [1.807, 2.05) is 0 Å². The number of halogens is 2. The zero-order valence-corrected chi connectivity index (χ0v) is 10.9. The van der Waals surface area contributed by atoms with Gasteiger partial charge in [-0.2, -0.15) is 0 Å². The molecule has 0 saturated carbocycles. The normalized spacial score (nSPS) is 10.6. The molecule has 0 spiro atoms. The second kappa shape index (κ2) is 6.51. The average Bonchev–Trinajstić information content (AvgIpc) is 2.48. The van der Waals surface area contributed by atoms with Gasteiger partial charge in [0.1, 0.15) is 11.4 Å². The van der Waals surface area contributed by atoms with Crippen LogP contribution < -0.4 is 5.32 Å². The summed E-state index contributed by atoms with van der Waals surface area (Å²) in [7, 11) is 0. The summed E-state index contributed by atoms with van der Waals surface area (Å²) in [6, 6.07) is 9.66. The Morgan fingerprint density at radius 2 is 1.71 bits per heavy atom. The van der Waals surface area contributed by atoms with Crippen LogP contribution in [0.4, 0.5) is 25.8 Å². The van der Waals surface area contributed by atoms with Gasteiger partial charge in [-0.3, -0.25) is 4.79 Å². The van der Waals surface area contributed by atoms with E-state index in [9.17, 15) is 13.6 Å². The number of anilines is 1. The van der Waals surface area contributed by atoms with Crippen LogP contribution in [0.3, 0.4) is 0 Å². The van der Waals surface area contributed by atoms with E-state index in [-0.39, 0.29) is 17.1 Å². The molecule has 1 amide bonds. The number of benzene rings is 2. The molecule has 21 heavy (non-hydrogen) atoms. The molecule has 2 aromatic rings. The molecular weight excluding hydrogens is 276 g/mol. The van der Waals surface area contributed by atoms with Crippen molar-refractivity contribution in [2.75, 3.05) is 5.32 Å². The van der Waals surface area contributed by atoms with Gasteiger partial charge in [-0.15, -0.1) is 10.2 Å². The highest BCUT2D eigenvalue weighted by Crippen LogP contribution is 2.25. The van der Waals surface area contributed by atoms with Crippen LogP contribution >= 0.6 is 0 Å². The van der Waals surface area contributed by atoms with E-state index in [4.69, 9.17) is 0 Å². The molecule has 0 heterocycles. The Kier molecular flexibility index (Phi) is 4.50. The number of nitrogens with zero attached hydrogens (tertiary/aromatic N) is 2. The first kappa shape index (κ1) is 14.5. The summed E-state index contributed by atoms with van der Waals surface area (Å²) in [5.74, 6) is -1.68. The number of hydrogen-bond acceptors (Lipinski definition) is 3. The van der Waals surface area contributed by atoms with Crippen molar-refractivity contribution in [3.8, 4) is 0 Å². The Hall–Kier alpha value is -2.89. The lowest BCUT2D eigenvalue weighted by Gasteiger charge is -2.03. The molecule has 0 atom stereocenters. The summed E-state index contributed by atoms with van der Waals surface area (Å²) in [6.07, 6.45) is 1.07. The molecule has 0 fully saturated rings. The van der Waals surface area contributed by atoms with Gasteiger partial charge in [0.15, 0.2) is 11.6 Å². The lowest BCUT2D eigenvalue weighted by atomic mass is 10.2. The van der Waals surface area contributed by atoms with Crippen molar-refractivity contribution in [3.63, 3.8) is 0 Å². The van der Waals surface area contributed by atoms with E-state index in [0.717, 1.165) is 12.1 Å². The van der Waals surface area contributed by atoms with Gasteiger partial charge in [0.25, 0.3) is 0 Å². The van der Waals surface area contributed by atoms with E-state index < -0.39 is 17.5 Å². The number of carbonyl (C=O) groups excluding carboxylic acids is 1. The van der Waals surface area contributed by atoms with Crippen LogP contribution in [0, 0.1) is 11.6 Å². The fourth-order valence-electron chi connectivity index (χ4n) is 1.50. The summed E-state index contributed by atoms with van der Waals surface area (Å²) in [5.41, 5.74) is 0.220. The average molecular weight is 287 g/mol. The quantitative estimate of drug-likeness (QED) is 0.653. The van der Waals surface area contributed by atoms with E-state index in [1.165, 1.54) is 30.3 Å². The van der Waals surface area contributed by atoms with Crippen molar-refractivity contribution < 1.29 is 13.6 Å². The largest absolute Gasteiger partial charge is 0.322 e. The first-order valence-electron chi connectivity index (χ1n) is 5.99. The molecule has 6 heteroatoms. The maximum atomic E-state index is 13.8. The number of hydrogen-bond donors (Lipinski definition) is 1. The molecule has 0 aliphatic heterocycles. The van der Waals surface area contributed by atoms with Crippen molar-refractivity contribution in [1.82, 2.24) is 0 Å². The fourth-order valence-corrected chi connectivity index (χ4v) is 1.50. The highest BCUT2D eigenvalue weighted by molar-refractivity contribution is 5.98. The van der Waals surface area contributed by atoms with Crippen LogP contribution in [-0.2, 0) is 4.79 Å². The van der Waals surface area contributed by atoms with E-state index in [0.29, 0.717) is 0 Å². The predicted molar refractivity (Wildman–Crippen MR) is 75.8 cm³/mol. The van der Waals surface area contributed by atoms with Crippen molar-refractivity contribution in [2.24, 2.45) is 10.2 Å². The van der Waals surface area contributed by atoms with Crippen LogP contribution in [-0.4, -0.2) is 5.91 Å². The van der Waals surface area contributed by atoms with Gasteiger partial charge < -0.3 is 5.32 Å². The summed E-state index contributed by atoms with van der Waals surface area (Å²) in [6.45, 7) is 3.29. The standard InChI is InChI=1S/C15H11F2N3O/c1-2-15(21)18-10-7-8-14(12(17)9-10)20-19-13-6-4-3-5-11(13)16/h2-9H,1H2,(H,18,21). The molecule has 4 nitrogen and oxygen atoms in total. The van der Waals surface area contributed by atoms with Crippen LogP contribution in [0.5, 0.6) is 0 Å². The smallest absolute Gasteiger partial charge is 0.247 e. The van der Waals surface area contributed by atoms with E-state index >= 15 is 0 Å². The predicted octanol–water partition coefficient (Wildman–Crippen LogP) is 4.50. The molecule has 0 bridgehead atoms. The number of nitrogens with one attached hydrogen (secondary N) is 1. The molecular formula is C15H11F2N3O. The molecule has 0 radical (unpaired) electrons. The van der Waals surface area contributed by atoms with Gasteiger partial charge in [-0.25, -0.2) is 8.78 Å². The molecule has 2 rings (SSSR count). The Bertz CT molecular complexity index is 714. The van der Waals surface area contributed by atoms with Gasteiger partial charge in [0.2, 0.25) is 5.91 Å². The molecule has 0 unspecified atom stereocenters. The molecule has 0 aliphatic carbocycles. The van der Waals surface area contributed by atoms with Crippen molar-refractivity contribution in [3.05, 3.63) is 66.8 Å². The third-order valence-corrected chi connectivity index (χ3v) is 2.52. The van der Waals surface area contributed by atoms with Crippen LogP contribution in [0.1, 0.15) is 0 Å². The topological polar surface area (TPSA) is 53.8 Å². The van der Waals surface area contributed by atoms with E-state index in [2.05, 4.69) is 22.1 Å². The second-order valence-electron chi connectivity index (χ2n) is 4.01. The summed E-state index contributed by atoms with van der Waals surface area (Å²) in [4.78, 5) is 11.1. The van der Waals surface area contributed by atoms with Gasteiger partial charge in [0, 0.05) is 5.69 Å². The van der Waals surface area contributed by atoms with Gasteiger partial charge in [-0.1, -0.05) is 18.7 Å². The molecule has 106 valence electrons. The highest BCUT2D eigenvalue weighted by Gasteiger charge is 2.05. The first-order chi connectivity index (χ1) is 10.1. The van der Waals surface area contributed by atoms with Crippen molar-refractivity contribution in [1.29, 1.82) is 0 Å². The minimum absolute atomic E-state index is 0.0148. The molecule has 2 aromatic carbocycles.